The molecule has 39 heavy (non-hydrogen) atoms. The van der Waals surface area contributed by atoms with Gasteiger partial charge in [0.15, 0.2) is 11.0 Å². The van der Waals surface area contributed by atoms with Gasteiger partial charge in [-0.15, -0.1) is 10.2 Å². The van der Waals surface area contributed by atoms with Crippen molar-refractivity contribution >= 4 is 23.4 Å². The Hall–Kier alpha value is -4.37. The Bertz CT molecular complexity index is 1700. The number of nitrogens with zero attached hydrogens (tertiary/aromatic N) is 5. The lowest BCUT2D eigenvalue weighted by Gasteiger charge is -2.15. The molecule has 2 aromatic heterocycles. The summed E-state index contributed by atoms with van der Waals surface area (Å²) in [5, 5.41) is 11.9. The lowest BCUT2D eigenvalue weighted by Crippen LogP contribution is -2.27. The number of amides is 1. The van der Waals surface area contributed by atoms with Gasteiger partial charge in [-0.3, -0.25) is 18.8 Å². The first-order chi connectivity index (χ1) is 18.8. The fraction of sp³-hybridized carbons (Fsp3) is 0.200. The highest BCUT2D eigenvalue weighted by molar-refractivity contribution is 8.00. The number of aryl methyl sites for hydroxylation is 2. The van der Waals surface area contributed by atoms with Crippen molar-refractivity contribution in [2.75, 3.05) is 5.32 Å². The maximum atomic E-state index is 13.4. The van der Waals surface area contributed by atoms with Crippen LogP contribution < -0.4 is 10.9 Å². The third kappa shape index (κ3) is 5.05. The summed E-state index contributed by atoms with van der Waals surface area (Å²) in [7, 11) is 1.80. The van der Waals surface area contributed by atoms with Crippen LogP contribution in [0, 0.1) is 20.8 Å². The summed E-state index contributed by atoms with van der Waals surface area (Å²) >= 11 is 1.30. The molecule has 1 N–H and O–H groups in total. The first kappa shape index (κ1) is 26.2. The fourth-order valence-electron chi connectivity index (χ4n) is 4.37. The molecule has 9 heteroatoms. The molecule has 0 bridgehead atoms. The van der Waals surface area contributed by atoms with E-state index in [9.17, 15) is 9.59 Å². The Labute approximate surface area is 231 Å². The average Bonchev–Trinajstić information content (AvgIpc) is 3.45. The summed E-state index contributed by atoms with van der Waals surface area (Å²) in [5.74, 6) is 0.403. The lowest BCUT2D eigenvalue weighted by atomic mass is 10.1. The number of anilines is 1. The molecule has 198 valence electrons. The van der Waals surface area contributed by atoms with E-state index in [0.717, 1.165) is 22.5 Å². The maximum Gasteiger partial charge on any atom is 0.295 e. The van der Waals surface area contributed by atoms with Crippen LogP contribution in [0.1, 0.15) is 23.7 Å². The Kier molecular flexibility index (Phi) is 7.26. The minimum Gasteiger partial charge on any atom is -0.319 e. The van der Waals surface area contributed by atoms with Crippen molar-refractivity contribution in [3.63, 3.8) is 0 Å². The molecule has 0 fully saturated rings. The third-order valence-electron chi connectivity index (χ3n) is 6.87. The fourth-order valence-corrected chi connectivity index (χ4v) is 5.23. The van der Waals surface area contributed by atoms with Crippen LogP contribution in [0.25, 0.3) is 22.8 Å². The molecule has 1 atom stereocenters. The predicted octanol–water partition coefficient (Wildman–Crippen LogP) is 5.47. The zero-order chi connectivity index (χ0) is 27.7. The molecule has 0 aliphatic heterocycles. The molecular weight excluding hydrogens is 508 g/mol. The van der Waals surface area contributed by atoms with Crippen molar-refractivity contribution in [3.05, 3.63) is 106 Å². The molecule has 0 saturated heterocycles. The van der Waals surface area contributed by atoms with E-state index in [1.165, 1.54) is 17.3 Å². The van der Waals surface area contributed by atoms with Crippen molar-refractivity contribution in [3.8, 4) is 22.8 Å². The zero-order valence-corrected chi connectivity index (χ0v) is 23.4. The van der Waals surface area contributed by atoms with E-state index < -0.39 is 5.25 Å². The van der Waals surface area contributed by atoms with Crippen LogP contribution in [0.5, 0.6) is 0 Å². The third-order valence-corrected chi connectivity index (χ3v) is 7.91. The Morgan fingerprint density at radius 3 is 2.21 bits per heavy atom. The number of thioether (sulfide) groups is 1. The van der Waals surface area contributed by atoms with E-state index in [-0.39, 0.29) is 17.2 Å². The van der Waals surface area contributed by atoms with E-state index in [1.807, 2.05) is 78.2 Å². The molecule has 8 nitrogen and oxygen atoms in total. The van der Waals surface area contributed by atoms with Gasteiger partial charge in [-0.2, -0.15) is 0 Å². The van der Waals surface area contributed by atoms with Gasteiger partial charge in [0.25, 0.3) is 5.56 Å². The molecule has 2 heterocycles. The summed E-state index contributed by atoms with van der Waals surface area (Å²) in [6, 6.07) is 25.4. The molecule has 0 saturated carbocycles. The number of carbonyl (C=O) groups is 1. The quantitative estimate of drug-likeness (QED) is 0.278. The van der Waals surface area contributed by atoms with Gasteiger partial charge in [-0.25, -0.2) is 4.68 Å². The molecule has 5 rings (SSSR count). The molecule has 3 aromatic carbocycles. The van der Waals surface area contributed by atoms with Gasteiger partial charge in [0.2, 0.25) is 5.91 Å². The van der Waals surface area contributed by atoms with Crippen LogP contribution in [0.4, 0.5) is 5.69 Å². The molecule has 0 aliphatic carbocycles. The number of hydrogen-bond donors (Lipinski definition) is 1. The minimum atomic E-state index is -0.549. The molecule has 0 unspecified atom stereocenters. The van der Waals surface area contributed by atoms with Crippen LogP contribution in [-0.2, 0) is 11.8 Å². The van der Waals surface area contributed by atoms with Crippen molar-refractivity contribution < 1.29 is 4.79 Å². The monoisotopic (exact) mass is 538 g/mol. The predicted molar refractivity (Wildman–Crippen MR) is 156 cm³/mol. The number of nitrogens with one attached hydrogen (secondary N) is 1. The van der Waals surface area contributed by atoms with Gasteiger partial charge in [0.1, 0.15) is 5.69 Å². The Morgan fingerprint density at radius 1 is 0.872 bits per heavy atom. The van der Waals surface area contributed by atoms with Gasteiger partial charge in [0.05, 0.1) is 22.3 Å². The largest absolute Gasteiger partial charge is 0.319 e. The van der Waals surface area contributed by atoms with Crippen LogP contribution in [0.2, 0.25) is 0 Å². The molecular formula is C30H30N6O2S. The number of aromatic nitrogens is 5. The molecule has 5 aromatic rings. The van der Waals surface area contributed by atoms with Crippen molar-refractivity contribution in [2.24, 2.45) is 7.05 Å². The molecule has 1 amide bonds. The van der Waals surface area contributed by atoms with Crippen LogP contribution in [0.3, 0.4) is 0 Å². The molecule has 0 aliphatic rings. The van der Waals surface area contributed by atoms with Gasteiger partial charge >= 0.3 is 0 Å². The van der Waals surface area contributed by atoms with Crippen molar-refractivity contribution in [1.29, 1.82) is 0 Å². The van der Waals surface area contributed by atoms with Crippen LogP contribution in [-0.4, -0.2) is 35.3 Å². The Balaban J connectivity index is 1.46. The van der Waals surface area contributed by atoms with E-state index in [0.29, 0.717) is 16.7 Å². The highest BCUT2D eigenvalue weighted by Crippen LogP contribution is 2.31. The van der Waals surface area contributed by atoms with E-state index in [4.69, 9.17) is 0 Å². The van der Waals surface area contributed by atoms with Crippen molar-refractivity contribution in [1.82, 2.24) is 24.1 Å². The number of carbonyl (C=O) groups excluding carboxylic acids is 1. The summed E-state index contributed by atoms with van der Waals surface area (Å²) < 4.78 is 5.27. The SMILES string of the molecule is Cc1ccc(-n2c(S[C@H](C)C(=O)Nc3c(C)n(C)n(-c4ccccc4)c3=O)nnc2-c2ccccc2)cc1C. The van der Waals surface area contributed by atoms with Gasteiger partial charge in [-0.05, 0) is 63.1 Å². The highest BCUT2D eigenvalue weighted by atomic mass is 32.2. The van der Waals surface area contributed by atoms with Gasteiger partial charge in [0, 0.05) is 12.6 Å². The number of benzene rings is 3. The zero-order valence-electron chi connectivity index (χ0n) is 22.5. The normalized spacial score (nSPS) is 11.9. The minimum absolute atomic E-state index is 0.263. The first-order valence-electron chi connectivity index (χ1n) is 12.7. The molecule has 0 radical (unpaired) electrons. The second-order valence-electron chi connectivity index (χ2n) is 9.46. The van der Waals surface area contributed by atoms with E-state index in [1.54, 1.807) is 23.3 Å². The van der Waals surface area contributed by atoms with E-state index >= 15 is 0 Å². The lowest BCUT2D eigenvalue weighted by molar-refractivity contribution is -0.115. The number of rotatable bonds is 7. The van der Waals surface area contributed by atoms with Gasteiger partial charge in [-0.1, -0.05) is 66.4 Å². The summed E-state index contributed by atoms with van der Waals surface area (Å²) in [6.45, 7) is 7.76. The topological polar surface area (TPSA) is 86.7 Å². The van der Waals surface area contributed by atoms with E-state index in [2.05, 4.69) is 41.5 Å². The number of hydrogen-bond acceptors (Lipinski definition) is 5. The molecule has 0 spiro atoms. The smallest absolute Gasteiger partial charge is 0.295 e. The van der Waals surface area contributed by atoms with Crippen LogP contribution in [0.15, 0.2) is 88.8 Å². The van der Waals surface area contributed by atoms with Crippen LogP contribution >= 0.6 is 11.8 Å². The standard InChI is InChI=1S/C30H30N6O2S/c1-19-16-17-25(18-20(19)2)35-27(23-12-8-6-9-13-23)32-33-30(35)39-22(4)28(37)31-26-21(3)34(5)36(29(26)38)24-14-10-7-11-15-24/h6-18,22H,1-5H3,(H,31,37)/t22-/m1/s1. The van der Waals surface area contributed by atoms with Gasteiger partial charge < -0.3 is 5.32 Å². The average molecular weight is 539 g/mol. The highest BCUT2D eigenvalue weighted by Gasteiger charge is 2.25. The summed E-state index contributed by atoms with van der Waals surface area (Å²) in [4.78, 5) is 26.6. The summed E-state index contributed by atoms with van der Waals surface area (Å²) in [6.07, 6.45) is 0. The Morgan fingerprint density at radius 2 is 1.54 bits per heavy atom. The first-order valence-corrected chi connectivity index (χ1v) is 13.5. The maximum absolute atomic E-state index is 13.4. The second-order valence-corrected chi connectivity index (χ2v) is 10.8. The number of para-hydroxylation sites is 1. The summed E-state index contributed by atoms with van der Waals surface area (Å²) in [5.41, 5.74) is 5.56. The van der Waals surface area contributed by atoms with Crippen molar-refractivity contribution in [2.45, 2.75) is 38.1 Å². The second kappa shape index (κ2) is 10.8.